The average Bonchev–Trinajstić information content (AvgIpc) is 2.31. The molecule has 0 unspecified atom stereocenters. The highest BCUT2D eigenvalue weighted by atomic mass is 35.5. The average molecular weight is 190 g/mol. The zero-order valence-corrected chi connectivity index (χ0v) is 6.56. The largest absolute Gasteiger partial charge is 0.325 e. The van der Waals surface area contributed by atoms with Gasteiger partial charge in [0.25, 0.3) is 0 Å². The molecule has 5 nitrogen and oxygen atoms in total. The Morgan fingerprint density at radius 3 is 2.73 bits per heavy atom. The molecule has 2 aromatic rings. The summed E-state index contributed by atoms with van der Waals surface area (Å²) in [6, 6.07) is 0. The van der Waals surface area contributed by atoms with E-state index >= 15 is 0 Å². The third-order valence-corrected chi connectivity index (χ3v) is 1.58. The molecule has 0 radical (unpaired) electrons. The lowest BCUT2D eigenvalue weighted by atomic mass is 10.6. The van der Waals surface area contributed by atoms with Gasteiger partial charge in [-0.1, -0.05) is 11.6 Å². The van der Waals surface area contributed by atoms with E-state index in [0.29, 0.717) is 11.2 Å². The van der Waals surface area contributed by atoms with E-state index in [1.165, 1.54) is 0 Å². The van der Waals surface area contributed by atoms with Gasteiger partial charge < -0.3 is 4.98 Å². The van der Waals surface area contributed by atoms with E-state index in [2.05, 4.69) is 25.4 Å². The summed E-state index contributed by atoms with van der Waals surface area (Å²) in [6.45, 7) is 0. The number of hydrogen-bond acceptors (Lipinski definition) is 4. The van der Waals surface area contributed by atoms with Gasteiger partial charge in [0.15, 0.2) is 5.15 Å². The molecule has 0 atom stereocenters. The van der Waals surface area contributed by atoms with Crippen LogP contribution in [0.25, 0.3) is 11.2 Å². The van der Waals surface area contributed by atoms with Crippen molar-refractivity contribution in [2.75, 3.05) is 0 Å². The van der Waals surface area contributed by atoms with Crippen LogP contribution in [-0.2, 0) is 0 Å². The van der Waals surface area contributed by atoms with Crippen LogP contribution in [0.5, 0.6) is 0 Å². The van der Waals surface area contributed by atoms with Crippen molar-refractivity contribution in [1.29, 1.82) is 0 Å². The summed E-state index contributed by atoms with van der Waals surface area (Å²) in [5, 5.41) is 10.9. The van der Waals surface area contributed by atoms with Crippen LogP contribution in [0.1, 0.15) is 0 Å². The van der Waals surface area contributed by atoms with Crippen LogP contribution >= 0.6 is 23.2 Å². The minimum Gasteiger partial charge on any atom is -0.325 e. The van der Waals surface area contributed by atoms with E-state index in [9.17, 15) is 0 Å². The van der Waals surface area contributed by atoms with Crippen LogP contribution in [0.2, 0.25) is 10.4 Å². The molecule has 2 rings (SSSR count). The van der Waals surface area contributed by atoms with Crippen LogP contribution in [-0.4, -0.2) is 25.4 Å². The summed E-state index contributed by atoms with van der Waals surface area (Å²) in [7, 11) is 0. The van der Waals surface area contributed by atoms with Crippen LogP contribution in [0.15, 0.2) is 0 Å². The molecule has 0 aromatic carbocycles. The molecule has 0 spiro atoms. The quantitative estimate of drug-likeness (QED) is 0.674. The summed E-state index contributed by atoms with van der Waals surface area (Å²) in [6.07, 6.45) is 0. The molecule has 0 fully saturated rings. The van der Waals surface area contributed by atoms with Gasteiger partial charge in [0, 0.05) is 0 Å². The van der Waals surface area contributed by atoms with Gasteiger partial charge in [-0.05, 0) is 16.8 Å². The molecule has 0 aliphatic carbocycles. The molecule has 2 aromatic heterocycles. The summed E-state index contributed by atoms with van der Waals surface area (Å²) in [5.74, 6) is 0. The first-order valence-electron chi connectivity index (χ1n) is 2.67. The summed E-state index contributed by atoms with van der Waals surface area (Å²) < 4.78 is 0. The first kappa shape index (κ1) is 6.75. The van der Waals surface area contributed by atoms with E-state index in [-0.39, 0.29) is 10.4 Å². The first-order chi connectivity index (χ1) is 5.27. The molecule has 0 aliphatic rings. The van der Waals surface area contributed by atoms with Gasteiger partial charge >= 0.3 is 0 Å². The van der Waals surface area contributed by atoms with Gasteiger partial charge in [0.1, 0.15) is 5.52 Å². The summed E-state index contributed by atoms with van der Waals surface area (Å²) >= 11 is 11.2. The number of rotatable bonds is 0. The molecule has 0 amide bonds. The fourth-order valence-corrected chi connectivity index (χ4v) is 1.05. The van der Waals surface area contributed by atoms with Crippen molar-refractivity contribution in [2.45, 2.75) is 0 Å². The lowest BCUT2D eigenvalue weighted by Crippen LogP contribution is -1.87. The van der Waals surface area contributed by atoms with Gasteiger partial charge in [-0.15, -0.1) is 10.2 Å². The number of aromatic nitrogens is 5. The SMILES string of the molecule is Clc1nc2nnnc(Cl)c2[nH]1. The van der Waals surface area contributed by atoms with Crippen LogP contribution in [0, 0.1) is 0 Å². The Bertz CT molecular complexity index is 396. The third-order valence-electron chi connectivity index (χ3n) is 1.13. The number of aromatic amines is 1. The molecular weight excluding hydrogens is 189 g/mol. The van der Waals surface area contributed by atoms with Crippen molar-refractivity contribution in [1.82, 2.24) is 25.4 Å². The number of hydrogen-bond donors (Lipinski definition) is 1. The topological polar surface area (TPSA) is 67.3 Å². The third kappa shape index (κ3) is 1.02. The first-order valence-corrected chi connectivity index (χ1v) is 3.43. The molecule has 2 heterocycles. The summed E-state index contributed by atoms with van der Waals surface area (Å²) in [5.41, 5.74) is 0.877. The van der Waals surface area contributed by atoms with Crippen molar-refractivity contribution in [3.8, 4) is 0 Å². The Hall–Kier alpha value is -0.940. The fourth-order valence-electron chi connectivity index (χ4n) is 0.706. The van der Waals surface area contributed by atoms with Gasteiger partial charge in [0.2, 0.25) is 10.9 Å². The Balaban J connectivity index is 2.90. The molecule has 0 bridgehead atoms. The summed E-state index contributed by atoms with van der Waals surface area (Å²) in [4.78, 5) is 6.47. The molecule has 56 valence electrons. The van der Waals surface area contributed by atoms with E-state index < -0.39 is 0 Å². The normalized spacial score (nSPS) is 10.7. The second-order valence-corrected chi connectivity index (χ2v) is 2.52. The highest BCUT2D eigenvalue weighted by Crippen LogP contribution is 2.16. The van der Waals surface area contributed by atoms with Gasteiger partial charge in [0.05, 0.1) is 0 Å². The van der Waals surface area contributed by atoms with Crippen molar-refractivity contribution < 1.29 is 0 Å². The van der Waals surface area contributed by atoms with Crippen LogP contribution in [0.3, 0.4) is 0 Å². The van der Waals surface area contributed by atoms with Crippen molar-refractivity contribution >= 4 is 34.4 Å². The predicted octanol–water partition coefficient (Wildman–Crippen LogP) is 1.05. The Morgan fingerprint density at radius 1 is 1.18 bits per heavy atom. The lowest BCUT2D eigenvalue weighted by molar-refractivity contribution is 0.889. The maximum atomic E-state index is 5.63. The molecule has 0 saturated carbocycles. The fraction of sp³-hybridized carbons (Fsp3) is 0. The van der Waals surface area contributed by atoms with Crippen LogP contribution in [0.4, 0.5) is 0 Å². The van der Waals surface area contributed by atoms with E-state index in [1.807, 2.05) is 0 Å². The molecule has 1 N–H and O–H groups in total. The van der Waals surface area contributed by atoms with Crippen molar-refractivity contribution in [3.05, 3.63) is 10.4 Å². The second-order valence-electron chi connectivity index (χ2n) is 1.81. The number of imidazole rings is 1. The van der Waals surface area contributed by atoms with Crippen LogP contribution < -0.4 is 0 Å². The number of nitrogens with one attached hydrogen (secondary N) is 1. The zero-order valence-electron chi connectivity index (χ0n) is 5.04. The Labute approximate surface area is 70.7 Å². The highest BCUT2D eigenvalue weighted by Gasteiger charge is 2.06. The number of H-pyrrole nitrogens is 1. The minimum absolute atomic E-state index is 0.217. The van der Waals surface area contributed by atoms with E-state index in [1.54, 1.807) is 0 Å². The Kier molecular flexibility index (Phi) is 1.40. The van der Waals surface area contributed by atoms with Gasteiger partial charge in [-0.3, -0.25) is 0 Å². The number of fused-ring (bicyclic) bond motifs is 1. The van der Waals surface area contributed by atoms with Gasteiger partial charge in [-0.2, -0.15) is 4.98 Å². The number of nitrogens with zero attached hydrogens (tertiary/aromatic N) is 4. The number of halogens is 2. The minimum atomic E-state index is 0.217. The highest BCUT2D eigenvalue weighted by molar-refractivity contribution is 6.34. The van der Waals surface area contributed by atoms with Gasteiger partial charge in [-0.25, -0.2) is 0 Å². The molecule has 7 heteroatoms. The van der Waals surface area contributed by atoms with Crippen molar-refractivity contribution in [3.63, 3.8) is 0 Å². The molecule has 0 aliphatic heterocycles. The zero-order chi connectivity index (χ0) is 7.84. The van der Waals surface area contributed by atoms with E-state index in [0.717, 1.165) is 0 Å². The molecular formula is C4HCl2N5. The maximum absolute atomic E-state index is 5.63. The lowest BCUT2D eigenvalue weighted by Gasteiger charge is -1.84. The Morgan fingerprint density at radius 2 is 2.00 bits per heavy atom. The monoisotopic (exact) mass is 189 g/mol. The standard InChI is InChI=1S/C4HCl2N5/c5-2-1-3(10-11-9-2)8-4(6)7-1/h(H,7,8,9,10). The second kappa shape index (κ2) is 2.28. The molecule has 0 saturated heterocycles. The molecule has 11 heavy (non-hydrogen) atoms. The van der Waals surface area contributed by atoms with E-state index in [4.69, 9.17) is 23.2 Å². The van der Waals surface area contributed by atoms with Crippen molar-refractivity contribution in [2.24, 2.45) is 0 Å². The predicted molar refractivity (Wildman–Crippen MR) is 39.5 cm³/mol. The maximum Gasteiger partial charge on any atom is 0.206 e. The smallest absolute Gasteiger partial charge is 0.206 e.